The van der Waals surface area contributed by atoms with Gasteiger partial charge in [-0.1, -0.05) is 36.8 Å². The van der Waals surface area contributed by atoms with Crippen LogP contribution in [0.1, 0.15) is 47.9 Å². The van der Waals surface area contributed by atoms with Crippen LogP contribution in [0.3, 0.4) is 0 Å². The average molecular weight is 377 g/mol. The number of hydrogen-bond acceptors (Lipinski definition) is 4. The van der Waals surface area contributed by atoms with E-state index in [0.29, 0.717) is 23.6 Å². The summed E-state index contributed by atoms with van der Waals surface area (Å²) in [7, 11) is 0. The monoisotopic (exact) mass is 377 g/mol. The number of imidazole rings is 1. The molecule has 0 bridgehead atoms. The molecule has 2 N–H and O–H groups in total. The van der Waals surface area contributed by atoms with Crippen LogP contribution in [0.2, 0.25) is 0 Å². The second kappa shape index (κ2) is 8.47. The third-order valence-electron chi connectivity index (χ3n) is 4.36. The molecule has 0 aliphatic carbocycles. The lowest BCUT2D eigenvalue weighted by molar-refractivity contribution is -0.115. The molecule has 0 unspecified atom stereocenters. The molecule has 3 aromatic rings. The molecule has 28 heavy (non-hydrogen) atoms. The van der Waals surface area contributed by atoms with E-state index in [1.807, 2.05) is 38.1 Å². The third-order valence-corrected chi connectivity index (χ3v) is 4.36. The van der Waals surface area contributed by atoms with Gasteiger partial charge in [0.25, 0.3) is 5.91 Å². The van der Waals surface area contributed by atoms with Gasteiger partial charge in [-0.15, -0.1) is 0 Å². The van der Waals surface area contributed by atoms with Crippen molar-refractivity contribution in [1.29, 1.82) is 0 Å². The number of pyridine rings is 1. The predicted octanol–water partition coefficient (Wildman–Crippen LogP) is 3.42. The normalized spacial score (nSPS) is 11.7. The van der Waals surface area contributed by atoms with E-state index in [4.69, 9.17) is 0 Å². The van der Waals surface area contributed by atoms with Crippen molar-refractivity contribution >= 4 is 17.5 Å². The SMILES string of the molecule is CCC(=O)Nc1ccc(-n2cnc(C(=O)N[C@H](C)c3ccc(C)cc3)c2)nc1. The molecule has 0 saturated heterocycles. The molecule has 0 fully saturated rings. The van der Waals surface area contributed by atoms with Crippen LogP contribution < -0.4 is 10.6 Å². The van der Waals surface area contributed by atoms with Crippen molar-refractivity contribution in [2.75, 3.05) is 5.32 Å². The number of anilines is 1. The molecular weight excluding hydrogens is 354 g/mol. The van der Waals surface area contributed by atoms with Gasteiger partial charge in [0.05, 0.1) is 17.9 Å². The maximum atomic E-state index is 12.5. The van der Waals surface area contributed by atoms with Crippen molar-refractivity contribution in [2.24, 2.45) is 0 Å². The lowest BCUT2D eigenvalue weighted by Gasteiger charge is -2.13. The van der Waals surface area contributed by atoms with E-state index in [1.54, 1.807) is 36.0 Å². The van der Waals surface area contributed by atoms with E-state index >= 15 is 0 Å². The van der Waals surface area contributed by atoms with Gasteiger partial charge in [0.2, 0.25) is 5.91 Å². The van der Waals surface area contributed by atoms with Crippen molar-refractivity contribution in [2.45, 2.75) is 33.2 Å². The van der Waals surface area contributed by atoms with Crippen LogP contribution in [0.25, 0.3) is 5.82 Å². The van der Waals surface area contributed by atoms with Gasteiger partial charge in [-0.2, -0.15) is 0 Å². The van der Waals surface area contributed by atoms with Gasteiger partial charge in [0, 0.05) is 12.6 Å². The number of nitrogens with zero attached hydrogens (tertiary/aromatic N) is 3. The highest BCUT2D eigenvalue weighted by atomic mass is 16.2. The van der Waals surface area contributed by atoms with E-state index in [1.165, 1.54) is 11.9 Å². The van der Waals surface area contributed by atoms with Gasteiger partial charge >= 0.3 is 0 Å². The summed E-state index contributed by atoms with van der Waals surface area (Å²) in [6.07, 6.45) is 5.15. The van der Waals surface area contributed by atoms with Gasteiger partial charge < -0.3 is 10.6 Å². The first kappa shape index (κ1) is 19.3. The Morgan fingerprint density at radius 1 is 1.11 bits per heavy atom. The molecule has 2 amide bonds. The van der Waals surface area contributed by atoms with Crippen LogP contribution in [0, 0.1) is 6.92 Å². The number of nitrogens with one attached hydrogen (secondary N) is 2. The number of benzene rings is 1. The van der Waals surface area contributed by atoms with E-state index in [2.05, 4.69) is 20.6 Å². The zero-order chi connectivity index (χ0) is 20.1. The number of rotatable bonds is 6. The molecular formula is C21H23N5O2. The first-order valence-corrected chi connectivity index (χ1v) is 9.14. The van der Waals surface area contributed by atoms with Crippen molar-refractivity contribution in [3.05, 3.63) is 71.9 Å². The minimum atomic E-state index is -0.251. The van der Waals surface area contributed by atoms with Gasteiger partial charge in [0.15, 0.2) is 0 Å². The number of carbonyl (C=O) groups is 2. The molecule has 1 aromatic carbocycles. The molecule has 2 heterocycles. The molecule has 0 saturated carbocycles. The molecule has 0 radical (unpaired) electrons. The summed E-state index contributed by atoms with van der Waals surface area (Å²) in [4.78, 5) is 32.4. The highest BCUT2D eigenvalue weighted by Gasteiger charge is 2.14. The second-order valence-electron chi connectivity index (χ2n) is 6.58. The Morgan fingerprint density at radius 3 is 2.50 bits per heavy atom. The highest BCUT2D eigenvalue weighted by molar-refractivity contribution is 5.92. The van der Waals surface area contributed by atoms with Crippen LogP contribution >= 0.6 is 0 Å². The summed E-state index contributed by atoms with van der Waals surface area (Å²) in [5.74, 6) is 0.283. The highest BCUT2D eigenvalue weighted by Crippen LogP contribution is 2.15. The summed E-state index contributed by atoms with van der Waals surface area (Å²) in [6, 6.07) is 11.4. The van der Waals surface area contributed by atoms with Crippen LogP contribution in [-0.2, 0) is 4.79 Å². The summed E-state index contributed by atoms with van der Waals surface area (Å²) >= 11 is 0. The summed E-state index contributed by atoms with van der Waals surface area (Å²) in [6.45, 7) is 5.75. The van der Waals surface area contributed by atoms with Crippen LogP contribution in [-0.4, -0.2) is 26.3 Å². The maximum absolute atomic E-state index is 12.5. The summed E-state index contributed by atoms with van der Waals surface area (Å²) in [5, 5.41) is 5.70. The summed E-state index contributed by atoms with van der Waals surface area (Å²) < 4.78 is 1.66. The molecule has 2 aromatic heterocycles. The standard InChI is InChI=1S/C21H23N5O2/c1-4-20(27)25-17-9-10-19(22-11-17)26-12-18(23-13-26)21(28)24-15(3)16-7-5-14(2)6-8-16/h5-13,15H,4H2,1-3H3,(H,24,28)(H,25,27)/t15-/m1/s1. The average Bonchev–Trinajstić information content (AvgIpc) is 3.19. The van der Waals surface area contributed by atoms with Crippen LogP contribution in [0.5, 0.6) is 0 Å². The number of hydrogen-bond donors (Lipinski definition) is 2. The lowest BCUT2D eigenvalue weighted by atomic mass is 10.1. The quantitative estimate of drug-likeness (QED) is 0.689. The topological polar surface area (TPSA) is 88.9 Å². The van der Waals surface area contributed by atoms with Gasteiger partial charge in [-0.25, -0.2) is 9.97 Å². The number of carbonyl (C=O) groups excluding carboxylic acids is 2. The molecule has 7 heteroatoms. The van der Waals surface area contributed by atoms with Crippen LogP contribution in [0.15, 0.2) is 55.1 Å². The Morgan fingerprint density at radius 2 is 1.86 bits per heavy atom. The van der Waals surface area contributed by atoms with Gasteiger partial charge in [-0.05, 0) is 31.5 Å². The Labute approximate surface area is 163 Å². The molecule has 0 aliphatic heterocycles. The fourth-order valence-corrected chi connectivity index (χ4v) is 2.64. The predicted molar refractivity (Wildman–Crippen MR) is 107 cm³/mol. The molecule has 0 spiro atoms. The first-order valence-electron chi connectivity index (χ1n) is 9.14. The van der Waals surface area contributed by atoms with Crippen molar-refractivity contribution < 1.29 is 9.59 Å². The second-order valence-corrected chi connectivity index (χ2v) is 6.58. The number of aromatic nitrogens is 3. The third kappa shape index (κ3) is 4.62. The van der Waals surface area contributed by atoms with Gasteiger partial charge in [0.1, 0.15) is 17.8 Å². The van der Waals surface area contributed by atoms with E-state index in [0.717, 1.165) is 5.56 Å². The Balaban J connectivity index is 1.66. The van der Waals surface area contributed by atoms with Crippen molar-refractivity contribution in [1.82, 2.24) is 19.9 Å². The number of aryl methyl sites for hydroxylation is 1. The molecule has 1 atom stereocenters. The number of amides is 2. The van der Waals surface area contributed by atoms with E-state index < -0.39 is 0 Å². The Hall–Kier alpha value is -3.48. The molecule has 3 rings (SSSR count). The Kier molecular flexibility index (Phi) is 5.84. The fraction of sp³-hybridized carbons (Fsp3) is 0.238. The van der Waals surface area contributed by atoms with E-state index in [9.17, 15) is 9.59 Å². The molecule has 144 valence electrons. The molecule has 7 nitrogen and oxygen atoms in total. The fourth-order valence-electron chi connectivity index (χ4n) is 2.64. The zero-order valence-electron chi connectivity index (χ0n) is 16.1. The smallest absolute Gasteiger partial charge is 0.271 e. The zero-order valence-corrected chi connectivity index (χ0v) is 16.1. The maximum Gasteiger partial charge on any atom is 0.271 e. The molecule has 0 aliphatic rings. The minimum absolute atomic E-state index is 0.0705. The van der Waals surface area contributed by atoms with Crippen molar-refractivity contribution in [3.63, 3.8) is 0 Å². The van der Waals surface area contributed by atoms with Crippen LogP contribution in [0.4, 0.5) is 5.69 Å². The lowest BCUT2D eigenvalue weighted by Crippen LogP contribution is -2.26. The first-order chi connectivity index (χ1) is 13.5. The van der Waals surface area contributed by atoms with Gasteiger partial charge in [-0.3, -0.25) is 14.2 Å². The minimum Gasteiger partial charge on any atom is -0.344 e. The van der Waals surface area contributed by atoms with E-state index in [-0.39, 0.29) is 17.9 Å². The largest absolute Gasteiger partial charge is 0.344 e. The van der Waals surface area contributed by atoms with Crippen molar-refractivity contribution in [3.8, 4) is 5.82 Å². The summed E-state index contributed by atoms with van der Waals surface area (Å²) in [5.41, 5.74) is 3.14. The Bertz CT molecular complexity index is 961.